The molecule has 0 saturated carbocycles. The van der Waals surface area contributed by atoms with E-state index in [-0.39, 0.29) is 30.2 Å². The molecule has 1 atom stereocenters. The first-order valence-corrected chi connectivity index (χ1v) is 10.1. The number of halogens is 2. The Kier molecular flexibility index (Phi) is 8.19. The van der Waals surface area contributed by atoms with E-state index in [2.05, 4.69) is 5.32 Å². The number of aliphatic hydroxyl groups is 1. The van der Waals surface area contributed by atoms with Gasteiger partial charge in [-0.25, -0.2) is 9.18 Å². The SMILES string of the molecule is CC(C)(C)OC(=O)N1CCC(COc2ccc(NCC(O)CCl)cc2F)CC1. The quantitative estimate of drug-likeness (QED) is 0.660. The molecule has 0 radical (unpaired) electrons. The Morgan fingerprint density at radius 1 is 1.39 bits per heavy atom. The summed E-state index contributed by atoms with van der Waals surface area (Å²) in [5.74, 6) is 0.105. The van der Waals surface area contributed by atoms with Crippen LogP contribution in [-0.4, -0.2) is 59.9 Å². The van der Waals surface area contributed by atoms with Crippen LogP contribution in [0.1, 0.15) is 33.6 Å². The number of alkyl halides is 1. The zero-order valence-electron chi connectivity index (χ0n) is 16.7. The average molecular weight is 417 g/mol. The van der Waals surface area contributed by atoms with Crippen molar-refractivity contribution in [1.29, 1.82) is 0 Å². The summed E-state index contributed by atoms with van der Waals surface area (Å²) >= 11 is 5.53. The molecule has 1 aliphatic heterocycles. The highest BCUT2D eigenvalue weighted by atomic mass is 35.5. The highest BCUT2D eigenvalue weighted by Crippen LogP contribution is 2.24. The van der Waals surface area contributed by atoms with Gasteiger partial charge in [0.1, 0.15) is 5.60 Å². The summed E-state index contributed by atoms with van der Waals surface area (Å²) in [6.45, 7) is 7.41. The molecule has 8 heteroatoms. The largest absolute Gasteiger partial charge is 0.490 e. The van der Waals surface area contributed by atoms with E-state index in [0.29, 0.717) is 25.4 Å². The predicted molar refractivity (Wildman–Crippen MR) is 108 cm³/mol. The molecule has 1 aliphatic rings. The molecule has 0 spiro atoms. The number of rotatable bonds is 7. The monoisotopic (exact) mass is 416 g/mol. The van der Waals surface area contributed by atoms with Crippen LogP contribution in [0.4, 0.5) is 14.9 Å². The maximum Gasteiger partial charge on any atom is 0.410 e. The van der Waals surface area contributed by atoms with Crippen molar-refractivity contribution in [3.8, 4) is 5.75 Å². The van der Waals surface area contributed by atoms with Crippen molar-refractivity contribution in [2.75, 3.05) is 37.4 Å². The molecule has 0 bridgehead atoms. The second kappa shape index (κ2) is 10.2. The van der Waals surface area contributed by atoms with Gasteiger partial charge in [-0.1, -0.05) is 0 Å². The van der Waals surface area contributed by atoms with Crippen molar-refractivity contribution in [2.24, 2.45) is 5.92 Å². The second-order valence-electron chi connectivity index (χ2n) is 8.06. The van der Waals surface area contributed by atoms with Crippen LogP contribution in [0.15, 0.2) is 18.2 Å². The number of hydrogen-bond donors (Lipinski definition) is 2. The molecule has 1 saturated heterocycles. The van der Waals surface area contributed by atoms with Gasteiger partial charge >= 0.3 is 6.09 Å². The Morgan fingerprint density at radius 3 is 2.64 bits per heavy atom. The lowest BCUT2D eigenvalue weighted by Gasteiger charge is -2.33. The molecular weight excluding hydrogens is 387 g/mol. The van der Waals surface area contributed by atoms with Gasteiger partial charge in [0.05, 0.1) is 18.6 Å². The Hall–Kier alpha value is -1.73. The first-order chi connectivity index (χ1) is 13.2. The molecule has 1 aromatic rings. The van der Waals surface area contributed by atoms with Crippen molar-refractivity contribution in [3.05, 3.63) is 24.0 Å². The molecule has 1 heterocycles. The highest BCUT2D eigenvalue weighted by molar-refractivity contribution is 6.18. The van der Waals surface area contributed by atoms with Gasteiger partial charge in [-0.3, -0.25) is 0 Å². The number of hydrogen-bond acceptors (Lipinski definition) is 5. The minimum Gasteiger partial charge on any atom is -0.490 e. The third-order valence-electron chi connectivity index (χ3n) is 4.39. The highest BCUT2D eigenvalue weighted by Gasteiger charge is 2.27. The molecule has 28 heavy (non-hydrogen) atoms. The first kappa shape index (κ1) is 22.6. The van der Waals surface area contributed by atoms with Crippen LogP contribution >= 0.6 is 11.6 Å². The van der Waals surface area contributed by atoms with Crippen LogP contribution in [0.3, 0.4) is 0 Å². The molecule has 1 amide bonds. The number of piperidine rings is 1. The van der Waals surface area contributed by atoms with E-state index in [1.807, 2.05) is 20.8 Å². The lowest BCUT2D eigenvalue weighted by Crippen LogP contribution is -2.42. The van der Waals surface area contributed by atoms with E-state index >= 15 is 0 Å². The molecule has 1 fully saturated rings. The number of nitrogens with one attached hydrogen (secondary N) is 1. The van der Waals surface area contributed by atoms with E-state index in [1.54, 1.807) is 17.0 Å². The van der Waals surface area contributed by atoms with Crippen LogP contribution in [-0.2, 0) is 4.74 Å². The van der Waals surface area contributed by atoms with Crippen molar-refractivity contribution in [2.45, 2.75) is 45.3 Å². The first-order valence-electron chi connectivity index (χ1n) is 9.56. The lowest BCUT2D eigenvalue weighted by molar-refractivity contribution is 0.0164. The molecule has 2 N–H and O–H groups in total. The van der Waals surface area contributed by atoms with Gasteiger partial charge < -0.3 is 24.8 Å². The van der Waals surface area contributed by atoms with E-state index in [9.17, 15) is 14.3 Å². The smallest absolute Gasteiger partial charge is 0.410 e. The molecule has 2 rings (SSSR count). The fourth-order valence-corrected chi connectivity index (χ4v) is 2.94. The Morgan fingerprint density at radius 2 is 2.07 bits per heavy atom. The minimum atomic E-state index is -0.688. The minimum absolute atomic E-state index is 0.115. The number of carbonyl (C=O) groups is 1. The summed E-state index contributed by atoms with van der Waals surface area (Å²) in [4.78, 5) is 13.8. The zero-order valence-corrected chi connectivity index (χ0v) is 17.5. The number of benzene rings is 1. The Balaban J connectivity index is 1.77. The lowest BCUT2D eigenvalue weighted by atomic mass is 9.98. The van der Waals surface area contributed by atoms with Crippen LogP contribution in [0.25, 0.3) is 0 Å². The summed E-state index contributed by atoms with van der Waals surface area (Å²) in [5.41, 5.74) is 0.0529. The average Bonchev–Trinajstić information content (AvgIpc) is 2.64. The van der Waals surface area contributed by atoms with Crippen molar-refractivity contribution in [3.63, 3.8) is 0 Å². The normalized spacial score (nSPS) is 16.6. The summed E-state index contributed by atoms with van der Waals surface area (Å²) in [6, 6.07) is 4.60. The van der Waals surface area contributed by atoms with Gasteiger partial charge in [-0.2, -0.15) is 0 Å². The summed E-state index contributed by atoms with van der Waals surface area (Å²) in [7, 11) is 0. The van der Waals surface area contributed by atoms with Crippen molar-refractivity contribution < 1.29 is 23.8 Å². The maximum absolute atomic E-state index is 14.2. The number of anilines is 1. The van der Waals surface area contributed by atoms with Crippen molar-refractivity contribution in [1.82, 2.24) is 4.90 Å². The number of ether oxygens (including phenoxy) is 2. The van der Waals surface area contributed by atoms with Crippen LogP contribution in [0, 0.1) is 11.7 Å². The summed E-state index contributed by atoms with van der Waals surface area (Å²) < 4.78 is 25.2. The second-order valence-corrected chi connectivity index (χ2v) is 8.36. The third kappa shape index (κ3) is 7.36. The number of aliphatic hydroxyl groups excluding tert-OH is 1. The standard InChI is InChI=1S/C20H30ClFN2O4/c1-20(2,3)28-19(26)24-8-6-14(7-9-24)13-27-18-5-4-15(10-17(18)22)23-12-16(25)11-21/h4-5,10,14,16,23,25H,6-9,11-13H2,1-3H3. The summed E-state index contributed by atoms with van der Waals surface area (Å²) in [6.07, 6.45) is 0.598. The van der Waals surface area contributed by atoms with E-state index in [1.165, 1.54) is 6.07 Å². The number of likely N-dealkylation sites (tertiary alicyclic amines) is 1. The fourth-order valence-electron chi connectivity index (χ4n) is 2.83. The Bertz CT molecular complexity index is 646. The number of carbonyl (C=O) groups excluding carboxylic acids is 1. The van der Waals surface area contributed by atoms with Gasteiger partial charge in [0, 0.05) is 31.4 Å². The predicted octanol–water partition coefficient (Wildman–Crippen LogP) is 3.86. The third-order valence-corrected chi connectivity index (χ3v) is 4.75. The molecular formula is C20H30ClFN2O4. The fraction of sp³-hybridized carbons (Fsp3) is 0.650. The Labute approximate surface area is 170 Å². The molecule has 1 aromatic carbocycles. The van der Waals surface area contributed by atoms with E-state index in [0.717, 1.165) is 12.8 Å². The topological polar surface area (TPSA) is 71.0 Å². The van der Waals surface area contributed by atoms with Crippen molar-refractivity contribution >= 4 is 23.4 Å². The van der Waals surface area contributed by atoms with E-state index < -0.39 is 17.5 Å². The van der Waals surface area contributed by atoms with Gasteiger partial charge in [0.2, 0.25) is 0 Å². The number of amides is 1. The van der Waals surface area contributed by atoms with Crippen LogP contribution < -0.4 is 10.1 Å². The van der Waals surface area contributed by atoms with Gasteiger partial charge in [-0.05, 0) is 51.7 Å². The molecule has 0 aliphatic carbocycles. The number of nitrogens with zero attached hydrogens (tertiary/aromatic N) is 1. The zero-order chi connectivity index (χ0) is 20.7. The molecule has 1 unspecified atom stereocenters. The van der Waals surface area contributed by atoms with E-state index in [4.69, 9.17) is 21.1 Å². The maximum atomic E-state index is 14.2. The molecule has 6 nitrogen and oxygen atoms in total. The van der Waals surface area contributed by atoms with Gasteiger partial charge in [0.25, 0.3) is 0 Å². The van der Waals surface area contributed by atoms with Crippen LogP contribution in [0.5, 0.6) is 5.75 Å². The molecule has 0 aromatic heterocycles. The van der Waals surface area contributed by atoms with Crippen LogP contribution in [0.2, 0.25) is 0 Å². The van der Waals surface area contributed by atoms with Gasteiger partial charge in [0.15, 0.2) is 11.6 Å². The molecule has 158 valence electrons. The summed E-state index contributed by atoms with van der Waals surface area (Å²) in [5, 5.41) is 12.4. The van der Waals surface area contributed by atoms with Gasteiger partial charge in [-0.15, -0.1) is 11.6 Å².